The summed E-state index contributed by atoms with van der Waals surface area (Å²) in [5.41, 5.74) is 1.79. The summed E-state index contributed by atoms with van der Waals surface area (Å²) in [7, 11) is -4.03. The summed E-state index contributed by atoms with van der Waals surface area (Å²) in [4.78, 5) is -0.254. The van der Waals surface area contributed by atoms with Crippen molar-refractivity contribution in [1.82, 2.24) is 0 Å². The van der Waals surface area contributed by atoms with Crippen LogP contribution in [0.25, 0.3) is 0 Å². The van der Waals surface area contributed by atoms with Crippen molar-refractivity contribution in [2.45, 2.75) is 114 Å². The van der Waals surface area contributed by atoms with Crippen LogP contribution in [-0.4, -0.2) is 18.6 Å². The maximum atomic E-state index is 13.4. The maximum absolute atomic E-state index is 13.4. The highest BCUT2D eigenvalue weighted by atomic mass is 32.2. The minimum absolute atomic E-state index is 0.127. The van der Waals surface area contributed by atoms with Crippen LogP contribution in [-0.2, 0) is 22.7 Å². The van der Waals surface area contributed by atoms with Crippen molar-refractivity contribution in [2.24, 2.45) is 0 Å². The molecule has 0 aliphatic carbocycles. The van der Waals surface area contributed by atoms with Crippen molar-refractivity contribution in [2.75, 3.05) is 0 Å². The van der Waals surface area contributed by atoms with E-state index in [1.165, 1.54) is 63.5 Å². The Hall–Kier alpha value is -2.01. The lowest BCUT2D eigenvalue weighted by atomic mass is 10.0. The Morgan fingerprint density at radius 1 is 0.576 bits per heavy atom. The highest BCUT2D eigenvalue weighted by molar-refractivity contribution is 7.91. The quantitative estimate of drug-likeness (QED) is 0.244. The maximum Gasteiger partial charge on any atom is 0.213 e. The smallest absolute Gasteiger partial charge is 0.213 e. The summed E-state index contributed by atoms with van der Waals surface area (Å²) in [5.74, 6) is -0.551. The van der Waals surface area contributed by atoms with Crippen molar-refractivity contribution in [1.29, 1.82) is 0 Å². The van der Waals surface area contributed by atoms with Gasteiger partial charge >= 0.3 is 0 Å². The fourth-order valence-corrected chi connectivity index (χ4v) is 5.73. The molecule has 184 valence electrons. The van der Waals surface area contributed by atoms with Gasteiger partial charge in [0.2, 0.25) is 9.84 Å². The van der Waals surface area contributed by atoms with Gasteiger partial charge in [-0.05, 0) is 61.1 Å². The number of aromatic hydroxyl groups is 2. The van der Waals surface area contributed by atoms with Crippen molar-refractivity contribution in [3.05, 3.63) is 47.5 Å². The van der Waals surface area contributed by atoms with E-state index in [0.29, 0.717) is 0 Å². The number of rotatable bonds is 16. The number of hydrogen-bond acceptors (Lipinski definition) is 4. The Labute approximate surface area is 201 Å². The van der Waals surface area contributed by atoms with Crippen LogP contribution in [0, 0.1) is 0 Å². The first-order valence-corrected chi connectivity index (χ1v) is 14.3. The lowest BCUT2D eigenvalue weighted by Gasteiger charge is -2.12. The van der Waals surface area contributed by atoms with Crippen LogP contribution in [0.4, 0.5) is 0 Å². The Morgan fingerprint density at radius 2 is 0.939 bits per heavy atom. The van der Waals surface area contributed by atoms with Crippen molar-refractivity contribution in [3.8, 4) is 11.5 Å². The van der Waals surface area contributed by atoms with Gasteiger partial charge in [0.25, 0.3) is 0 Å². The van der Waals surface area contributed by atoms with Crippen LogP contribution in [0.15, 0.2) is 46.2 Å². The second-order valence-corrected chi connectivity index (χ2v) is 11.0. The third kappa shape index (κ3) is 8.69. The molecular weight excluding hydrogens is 432 g/mol. The SMILES string of the molecule is CCCCCCCCc1ccc(O)c(S(=O)(=O)c2cc(CCCCCCCC)ccc2O)c1. The first kappa shape index (κ1) is 27.2. The minimum Gasteiger partial charge on any atom is -0.507 e. The molecule has 0 radical (unpaired) electrons. The van der Waals surface area contributed by atoms with E-state index in [2.05, 4.69) is 13.8 Å². The first-order chi connectivity index (χ1) is 15.9. The molecule has 0 heterocycles. The minimum atomic E-state index is -4.03. The average molecular weight is 475 g/mol. The third-order valence-electron chi connectivity index (χ3n) is 6.27. The number of phenols is 2. The molecule has 0 fully saturated rings. The van der Waals surface area contributed by atoms with E-state index in [0.717, 1.165) is 49.7 Å². The molecule has 2 aromatic carbocycles. The number of aryl methyl sites for hydroxylation is 2. The zero-order chi connectivity index (χ0) is 24.1. The summed E-state index contributed by atoms with van der Waals surface area (Å²) in [6, 6.07) is 9.62. The lowest BCUT2D eigenvalue weighted by molar-refractivity contribution is 0.452. The topological polar surface area (TPSA) is 74.6 Å². The zero-order valence-corrected chi connectivity index (χ0v) is 21.3. The first-order valence-electron chi connectivity index (χ1n) is 12.8. The van der Waals surface area contributed by atoms with E-state index in [-0.39, 0.29) is 21.3 Å². The van der Waals surface area contributed by atoms with Gasteiger partial charge < -0.3 is 10.2 Å². The van der Waals surface area contributed by atoms with Gasteiger partial charge in [-0.2, -0.15) is 0 Å². The van der Waals surface area contributed by atoms with Gasteiger partial charge in [-0.1, -0.05) is 90.2 Å². The van der Waals surface area contributed by atoms with E-state index < -0.39 is 9.84 Å². The van der Waals surface area contributed by atoms with E-state index >= 15 is 0 Å². The van der Waals surface area contributed by atoms with Gasteiger partial charge in [-0.15, -0.1) is 0 Å². The summed E-state index contributed by atoms with van der Waals surface area (Å²) in [6.45, 7) is 4.39. The zero-order valence-electron chi connectivity index (χ0n) is 20.5. The van der Waals surface area contributed by atoms with E-state index in [1.807, 2.05) is 0 Å². The van der Waals surface area contributed by atoms with E-state index in [4.69, 9.17) is 0 Å². The second-order valence-electron chi connectivity index (χ2n) is 9.14. The van der Waals surface area contributed by atoms with Crippen molar-refractivity contribution in [3.63, 3.8) is 0 Å². The Kier molecular flexibility index (Phi) is 11.8. The molecule has 2 rings (SSSR count). The molecule has 0 atom stereocenters. The fraction of sp³-hybridized carbons (Fsp3) is 0.571. The average Bonchev–Trinajstić information content (AvgIpc) is 2.80. The molecule has 0 unspecified atom stereocenters. The molecule has 0 aromatic heterocycles. The molecule has 0 aliphatic rings. The second kappa shape index (κ2) is 14.3. The van der Waals surface area contributed by atoms with Crippen LogP contribution in [0.1, 0.15) is 102 Å². The van der Waals surface area contributed by atoms with E-state index in [1.54, 1.807) is 24.3 Å². The van der Waals surface area contributed by atoms with Crippen LogP contribution < -0.4 is 0 Å². The van der Waals surface area contributed by atoms with Crippen molar-refractivity contribution >= 4 is 9.84 Å². The number of benzene rings is 2. The molecule has 0 spiro atoms. The van der Waals surface area contributed by atoms with Gasteiger partial charge in [0.1, 0.15) is 21.3 Å². The monoisotopic (exact) mass is 474 g/mol. The molecule has 2 aromatic rings. The standard InChI is InChI=1S/C28H42O4S/c1-3-5-7-9-11-13-15-23-17-19-25(29)27(21-23)33(31,32)28-22-24(18-20-26(28)30)16-14-12-10-8-6-4-2/h17-22,29-30H,3-16H2,1-2H3. The number of phenolic OH excluding ortho intramolecular Hbond substituents is 2. The number of hydrogen-bond donors (Lipinski definition) is 2. The lowest BCUT2D eigenvalue weighted by Crippen LogP contribution is -2.05. The Balaban J connectivity index is 2.09. The molecule has 0 saturated carbocycles. The van der Waals surface area contributed by atoms with Gasteiger partial charge in [0, 0.05) is 0 Å². The molecule has 33 heavy (non-hydrogen) atoms. The molecule has 0 aliphatic heterocycles. The van der Waals surface area contributed by atoms with Gasteiger partial charge in [-0.3, -0.25) is 0 Å². The van der Waals surface area contributed by atoms with Crippen molar-refractivity contribution < 1.29 is 18.6 Å². The number of unbranched alkanes of at least 4 members (excludes halogenated alkanes) is 10. The third-order valence-corrected chi connectivity index (χ3v) is 8.08. The van der Waals surface area contributed by atoms with Crippen LogP contribution in [0.3, 0.4) is 0 Å². The molecule has 0 bridgehead atoms. The molecular formula is C28H42O4S. The fourth-order valence-electron chi connectivity index (χ4n) is 4.20. The normalized spacial score (nSPS) is 11.7. The van der Waals surface area contributed by atoms with Crippen LogP contribution in [0.2, 0.25) is 0 Å². The summed E-state index contributed by atoms with van der Waals surface area (Å²) in [6.07, 6.45) is 15.6. The Morgan fingerprint density at radius 3 is 1.33 bits per heavy atom. The van der Waals surface area contributed by atoms with Gasteiger partial charge in [-0.25, -0.2) is 8.42 Å². The molecule has 0 saturated heterocycles. The molecule has 0 amide bonds. The van der Waals surface area contributed by atoms with Crippen LogP contribution >= 0.6 is 0 Å². The molecule has 5 heteroatoms. The predicted octanol–water partition coefficient (Wildman–Crippen LogP) is 7.74. The predicted molar refractivity (Wildman–Crippen MR) is 136 cm³/mol. The number of sulfone groups is 1. The highest BCUT2D eigenvalue weighted by Gasteiger charge is 2.25. The summed E-state index contributed by atoms with van der Waals surface area (Å²) in [5, 5.41) is 20.7. The van der Waals surface area contributed by atoms with Gasteiger partial charge in [0.05, 0.1) is 0 Å². The highest BCUT2D eigenvalue weighted by Crippen LogP contribution is 2.35. The Bertz CT molecular complexity index is 879. The summed E-state index contributed by atoms with van der Waals surface area (Å²) >= 11 is 0. The summed E-state index contributed by atoms with van der Waals surface area (Å²) < 4.78 is 26.7. The molecule has 2 N–H and O–H groups in total. The van der Waals surface area contributed by atoms with Crippen LogP contribution in [0.5, 0.6) is 11.5 Å². The van der Waals surface area contributed by atoms with E-state index in [9.17, 15) is 18.6 Å². The largest absolute Gasteiger partial charge is 0.507 e. The molecule has 4 nitrogen and oxygen atoms in total. The van der Waals surface area contributed by atoms with Gasteiger partial charge in [0.15, 0.2) is 0 Å².